The van der Waals surface area contributed by atoms with Gasteiger partial charge in [0.05, 0.1) is 7.11 Å². The predicted molar refractivity (Wildman–Crippen MR) is 74.6 cm³/mol. The number of hydrogen-bond donors (Lipinski definition) is 2. The molecule has 5 heteroatoms. The van der Waals surface area contributed by atoms with Crippen molar-refractivity contribution < 1.29 is 24.5 Å². The molecule has 0 unspecified atom stereocenters. The van der Waals surface area contributed by atoms with Crippen LogP contribution in [0.3, 0.4) is 0 Å². The Morgan fingerprint density at radius 2 is 1.90 bits per heavy atom. The molecule has 1 heterocycles. The van der Waals surface area contributed by atoms with Crippen molar-refractivity contribution in [2.75, 3.05) is 7.11 Å². The van der Waals surface area contributed by atoms with E-state index >= 15 is 0 Å². The summed E-state index contributed by atoms with van der Waals surface area (Å²) in [6, 6.07) is 9.84. The highest BCUT2D eigenvalue weighted by Crippen LogP contribution is 2.37. The van der Waals surface area contributed by atoms with Gasteiger partial charge in [-0.05, 0) is 29.3 Å². The number of methoxy groups -OCH3 is 1. The Kier molecular flexibility index (Phi) is 3.17. The lowest BCUT2D eigenvalue weighted by atomic mass is 9.94. The standard InChI is InChI=1S/C16H14O5/c1-20-12-4-2-9(3-5-12)14-7-10-6-11(17)8-13(18)15(10)16(19)21-14/h2-6,8,14,17-18H,7H2,1H3/t14-/m1/s1. The van der Waals surface area contributed by atoms with Crippen LogP contribution in [0, 0.1) is 0 Å². The summed E-state index contributed by atoms with van der Waals surface area (Å²) < 4.78 is 10.5. The second-order valence-corrected chi connectivity index (χ2v) is 4.87. The van der Waals surface area contributed by atoms with Gasteiger partial charge in [0.1, 0.15) is 28.9 Å². The molecular weight excluding hydrogens is 272 g/mol. The molecule has 21 heavy (non-hydrogen) atoms. The zero-order valence-corrected chi connectivity index (χ0v) is 11.4. The number of ether oxygens (including phenoxy) is 2. The Bertz CT molecular complexity index is 691. The van der Waals surface area contributed by atoms with E-state index < -0.39 is 12.1 Å². The van der Waals surface area contributed by atoms with Crippen molar-refractivity contribution in [1.82, 2.24) is 0 Å². The quantitative estimate of drug-likeness (QED) is 0.830. The summed E-state index contributed by atoms with van der Waals surface area (Å²) in [5.74, 6) is -0.205. The second kappa shape index (κ2) is 5.01. The van der Waals surface area contributed by atoms with Crippen LogP contribution in [0.1, 0.15) is 27.6 Å². The Morgan fingerprint density at radius 1 is 1.19 bits per heavy atom. The highest BCUT2D eigenvalue weighted by atomic mass is 16.5. The largest absolute Gasteiger partial charge is 0.508 e. The second-order valence-electron chi connectivity index (χ2n) is 4.87. The van der Waals surface area contributed by atoms with Gasteiger partial charge in [0.2, 0.25) is 0 Å². The molecule has 0 fully saturated rings. The SMILES string of the molecule is COc1ccc([C@H]2Cc3cc(O)cc(O)c3C(=O)O2)cc1. The lowest BCUT2D eigenvalue weighted by Gasteiger charge is -2.25. The van der Waals surface area contributed by atoms with Gasteiger partial charge in [0.15, 0.2) is 0 Å². The molecular formula is C16H14O5. The molecule has 2 N–H and O–H groups in total. The zero-order valence-electron chi connectivity index (χ0n) is 11.4. The minimum absolute atomic E-state index is 0.0746. The van der Waals surface area contributed by atoms with E-state index in [1.54, 1.807) is 19.2 Å². The van der Waals surface area contributed by atoms with Crippen LogP contribution in [-0.4, -0.2) is 23.3 Å². The van der Waals surface area contributed by atoms with E-state index in [0.29, 0.717) is 12.0 Å². The first-order valence-corrected chi connectivity index (χ1v) is 6.48. The summed E-state index contributed by atoms with van der Waals surface area (Å²) in [6.07, 6.45) is -0.0489. The smallest absolute Gasteiger partial charge is 0.342 e. The lowest BCUT2D eigenvalue weighted by molar-refractivity contribution is 0.0248. The minimum atomic E-state index is -0.588. The van der Waals surface area contributed by atoms with Gasteiger partial charge in [-0.1, -0.05) is 12.1 Å². The van der Waals surface area contributed by atoms with Gasteiger partial charge >= 0.3 is 5.97 Å². The van der Waals surface area contributed by atoms with E-state index in [2.05, 4.69) is 0 Å². The van der Waals surface area contributed by atoms with E-state index in [4.69, 9.17) is 9.47 Å². The number of carbonyl (C=O) groups is 1. The van der Waals surface area contributed by atoms with E-state index in [1.807, 2.05) is 12.1 Å². The predicted octanol–water partition coefficient (Wildman–Crippen LogP) is 2.56. The number of phenols is 2. The maximum absolute atomic E-state index is 12.0. The molecule has 0 aliphatic carbocycles. The highest BCUT2D eigenvalue weighted by molar-refractivity contribution is 5.95. The van der Waals surface area contributed by atoms with Crippen molar-refractivity contribution in [1.29, 1.82) is 0 Å². The molecule has 108 valence electrons. The molecule has 2 aromatic rings. The van der Waals surface area contributed by atoms with Gasteiger partial charge < -0.3 is 19.7 Å². The van der Waals surface area contributed by atoms with Crippen molar-refractivity contribution >= 4 is 5.97 Å². The topological polar surface area (TPSA) is 76.0 Å². The number of aromatic hydroxyl groups is 2. The highest BCUT2D eigenvalue weighted by Gasteiger charge is 2.30. The maximum Gasteiger partial charge on any atom is 0.342 e. The molecule has 1 aliphatic heterocycles. The Labute approximate surface area is 121 Å². The summed E-state index contributed by atoms with van der Waals surface area (Å²) in [4.78, 5) is 12.0. The molecule has 0 radical (unpaired) electrons. The van der Waals surface area contributed by atoms with Crippen LogP contribution >= 0.6 is 0 Å². The molecule has 0 saturated carbocycles. The van der Waals surface area contributed by atoms with Crippen LogP contribution in [0.25, 0.3) is 0 Å². The fraction of sp³-hybridized carbons (Fsp3) is 0.188. The number of esters is 1. The monoisotopic (exact) mass is 286 g/mol. The number of fused-ring (bicyclic) bond motifs is 1. The van der Waals surface area contributed by atoms with E-state index in [1.165, 1.54) is 6.07 Å². The average Bonchev–Trinajstić information content (AvgIpc) is 2.46. The molecule has 2 aromatic carbocycles. The molecule has 5 nitrogen and oxygen atoms in total. The number of cyclic esters (lactones) is 1. The number of rotatable bonds is 2. The van der Waals surface area contributed by atoms with Gasteiger partial charge in [-0.15, -0.1) is 0 Å². The zero-order chi connectivity index (χ0) is 15.0. The van der Waals surface area contributed by atoms with Gasteiger partial charge in [0, 0.05) is 12.5 Å². The van der Waals surface area contributed by atoms with Crippen molar-refractivity contribution in [3.63, 3.8) is 0 Å². The fourth-order valence-corrected chi connectivity index (χ4v) is 2.50. The summed E-state index contributed by atoms with van der Waals surface area (Å²) in [5.41, 5.74) is 1.53. The third kappa shape index (κ3) is 2.38. The molecule has 1 aliphatic rings. The van der Waals surface area contributed by atoms with Gasteiger partial charge in [-0.3, -0.25) is 0 Å². The van der Waals surface area contributed by atoms with Crippen LogP contribution in [0.2, 0.25) is 0 Å². The first kappa shape index (κ1) is 13.3. The van der Waals surface area contributed by atoms with Crippen LogP contribution in [0.4, 0.5) is 0 Å². The van der Waals surface area contributed by atoms with Gasteiger partial charge in [0.25, 0.3) is 0 Å². The Hall–Kier alpha value is -2.69. The van der Waals surface area contributed by atoms with Crippen molar-refractivity contribution in [3.05, 3.63) is 53.1 Å². The molecule has 1 atom stereocenters. The first-order valence-electron chi connectivity index (χ1n) is 6.48. The number of phenolic OH excluding ortho intramolecular Hbond substituents is 2. The van der Waals surface area contributed by atoms with Crippen LogP contribution < -0.4 is 4.74 Å². The molecule has 3 rings (SSSR count). The Morgan fingerprint density at radius 3 is 2.57 bits per heavy atom. The third-order valence-electron chi connectivity index (χ3n) is 3.53. The molecule has 0 aromatic heterocycles. The van der Waals surface area contributed by atoms with E-state index in [0.717, 1.165) is 17.4 Å². The number of carbonyl (C=O) groups excluding carboxylic acids is 1. The van der Waals surface area contributed by atoms with E-state index in [9.17, 15) is 15.0 Å². The van der Waals surface area contributed by atoms with Crippen molar-refractivity contribution in [3.8, 4) is 17.2 Å². The van der Waals surface area contributed by atoms with Crippen LogP contribution in [0.5, 0.6) is 17.2 Å². The molecule has 0 saturated heterocycles. The van der Waals surface area contributed by atoms with Crippen molar-refractivity contribution in [2.24, 2.45) is 0 Å². The molecule has 0 bridgehead atoms. The maximum atomic E-state index is 12.0. The summed E-state index contributed by atoms with van der Waals surface area (Å²) in [7, 11) is 1.58. The number of hydrogen-bond acceptors (Lipinski definition) is 5. The summed E-state index contributed by atoms with van der Waals surface area (Å²) in [6.45, 7) is 0. The van der Waals surface area contributed by atoms with Gasteiger partial charge in [-0.2, -0.15) is 0 Å². The summed E-state index contributed by atoms with van der Waals surface area (Å²) in [5, 5.41) is 19.3. The third-order valence-corrected chi connectivity index (χ3v) is 3.53. The van der Waals surface area contributed by atoms with Crippen LogP contribution in [-0.2, 0) is 11.2 Å². The Balaban J connectivity index is 1.95. The van der Waals surface area contributed by atoms with Gasteiger partial charge in [-0.25, -0.2) is 4.79 Å². The van der Waals surface area contributed by atoms with E-state index in [-0.39, 0.29) is 17.1 Å². The lowest BCUT2D eigenvalue weighted by Crippen LogP contribution is -2.21. The van der Waals surface area contributed by atoms with Crippen molar-refractivity contribution in [2.45, 2.75) is 12.5 Å². The minimum Gasteiger partial charge on any atom is -0.508 e. The van der Waals surface area contributed by atoms with Crippen LogP contribution in [0.15, 0.2) is 36.4 Å². The number of benzene rings is 2. The molecule has 0 amide bonds. The average molecular weight is 286 g/mol. The molecule has 0 spiro atoms. The fourth-order valence-electron chi connectivity index (χ4n) is 2.50. The summed E-state index contributed by atoms with van der Waals surface area (Å²) >= 11 is 0. The first-order chi connectivity index (χ1) is 10.1. The normalized spacial score (nSPS) is 17.0.